The van der Waals surface area contributed by atoms with E-state index in [4.69, 9.17) is 0 Å². The highest BCUT2D eigenvalue weighted by Gasteiger charge is 2.46. The Kier molecular flexibility index (Phi) is 40.3. The summed E-state index contributed by atoms with van der Waals surface area (Å²) in [6.45, 7) is 80.8. The van der Waals surface area contributed by atoms with Crippen molar-refractivity contribution in [1.29, 1.82) is 0 Å². The van der Waals surface area contributed by atoms with E-state index in [0.717, 1.165) is 147 Å². The summed E-state index contributed by atoms with van der Waals surface area (Å²) in [7, 11) is 0. The van der Waals surface area contributed by atoms with E-state index in [1.165, 1.54) is 199 Å². The van der Waals surface area contributed by atoms with Gasteiger partial charge in [-0.05, 0) is 271 Å². The first-order valence-corrected chi connectivity index (χ1v) is 43.7. The van der Waals surface area contributed by atoms with Gasteiger partial charge in [0.05, 0.1) is 0 Å². The highest BCUT2D eigenvalue weighted by Crippen LogP contribution is 2.57. The highest BCUT2D eigenvalue weighted by molar-refractivity contribution is 4.97. The van der Waals surface area contributed by atoms with Crippen molar-refractivity contribution in [1.82, 2.24) is 0 Å². The van der Waals surface area contributed by atoms with E-state index >= 15 is 0 Å². The Labute approximate surface area is 605 Å². The molecule has 0 saturated heterocycles. The van der Waals surface area contributed by atoms with Crippen molar-refractivity contribution < 1.29 is 0 Å². The zero-order chi connectivity index (χ0) is 72.8. The first-order chi connectivity index (χ1) is 43.7. The lowest BCUT2D eigenvalue weighted by Crippen LogP contribution is -2.39. The first kappa shape index (κ1) is 91.1. The molecule has 0 amide bonds. The lowest BCUT2D eigenvalue weighted by Gasteiger charge is -2.47. The molecule has 0 heteroatoms. The van der Waals surface area contributed by atoms with Crippen molar-refractivity contribution in [2.45, 2.75) is 434 Å². The summed E-state index contributed by atoms with van der Waals surface area (Å²) < 4.78 is 0. The van der Waals surface area contributed by atoms with Crippen LogP contribution in [0.1, 0.15) is 434 Å². The number of hydrogen-bond acceptors (Lipinski definition) is 0. The maximum atomic E-state index is 2.48. The van der Waals surface area contributed by atoms with Gasteiger partial charge in [0.25, 0.3) is 0 Å². The normalized spacial score (nSPS) is 38.9. The van der Waals surface area contributed by atoms with Crippen LogP contribution in [-0.2, 0) is 0 Å². The molecular formula is C95H188. The molecule has 12 aliphatic rings. The van der Waals surface area contributed by atoms with Gasteiger partial charge in [-0.25, -0.2) is 0 Å². The van der Waals surface area contributed by atoms with Gasteiger partial charge in [-0.15, -0.1) is 0 Å². The summed E-state index contributed by atoms with van der Waals surface area (Å²) in [5.74, 6) is 23.9. The van der Waals surface area contributed by atoms with Gasteiger partial charge in [0.1, 0.15) is 0 Å². The van der Waals surface area contributed by atoms with Crippen molar-refractivity contribution in [3.63, 3.8) is 0 Å². The van der Waals surface area contributed by atoms with Crippen LogP contribution in [0.5, 0.6) is 0 Å². The minimum absolute atomic E-state index is 0.571. The molecule has 0 spiro atoms. The van der Waals surface area contributed by atoms with Crippen LogP contribution in [0.4, 0.5) is 0 Å². The monoisotopic (exact) mass is 1330 g/mol. The molecule has 568 valence electrons. The molecule has 0 aromatic rings. The maximum absolute atomic E-state index is 2.48. The van der Waals surface area contributed by atoms with Crippen molar-refractivity contribution in [3.05, 3.63) is 0 Å². The van der Waals surface area contributed by atoms with Crippen molar-refractivity contribution in [2.24, 2.45) is 175 Å². The largest absolute Gasteiger partial charge is 0.0651 e. The van der Waals surface area contributed by atoms with E-state index in [1.807, 2.05) is 0 Å². The molecule has 10 unspecified atom stereocenters. The van der Waals surface area contributed by atoms with Crippen LogP contribution in [0.15, 0.2) is 0 Å². The lowest BCUT2D eigenvalue weighted by molar-refractivity contribution is 0.0286. The summed E-state index contributed by atoms with van der Waals surface area (Å²) in [5.41, 5.74) is 3.80. The molecule has 0 heterocycles. The first-order valence-electron chi connectivity index (χ1n) is 43.7. The van der Waals surface area contributed by atoms with Crippen LogP contribution in [0.3, 0.4) is 0 Å². The molecular weight excluding hydrogens is 1140 g/mol. The van der Waals surface area contributed by atoms with Gasteiger partial charge in [0.15, 0.2) is 0 Å². The molecule has 0 aromatic heterocycles. The van der Waals surface area contributed by atoms with E-state index in [0.29, 0.717) is 27.1 Å². The van der Waals surface area contributed by atoms with Crippen LogP contribution in [0.25, 0.3) is 0 Å². The summed E-state index contributed by atoms with van der Waals surface area (Å²) in [4.78, 5) is 0. The fourth-order valence-electron chi connectivity index (χ4n) is 19.7. The lowest BCUT2D eigenvalue weighted by atomic mass is 9.58. The van der Waals surface area contributed by atoms with E-state index in [-0.39, 0.29) is 0 Å². The maximum Gasteiger partial charge on any atom is -0.0297 e. The van der Waals surface area contributed by atoms with E-state index in [9.17, 15) is 0 Å². The second-order valence-electron chi connectivity index (χ2n) is 43.2. The van der Waals surface area contributed by atoms with Crippen molar-refractivity contribution in [3.8, 4) is 0 Å². The number of rotatable bonds is 3. The molecule has 0 nitrogen and oxygen atoms in total. The molecule has 12 atom stereocenters. The summed E-state index contributed by atoms with van der Waals surface area (Å²) in [6, 6.07) is 0. The van der Waals surface area contributed by atoms with Gasteiger partial charge in [0.2, 0.25) is 0 Å². The molecule has 0 aromatic carbocycles. The highest BCUT2D eigenvalue weighted by atomic mass is 14.5. The zero-order valence-corrected chi connectivity index (χ0v) is 72.8. The van der Waals surface area contributed by atoms with Gasteiger partial charge in [0, 0.05) is 0 Å². The average Bonchev–Trinajstić information content (AvgIpc) is 1.75. The molecule has 95 heavy (non-hydrogen) atoms. The van der Waals surface area contributed by atoms with Gasteiger partial charge < -0.3 is 0 Å². The van der Waals surface area contributed by atoms with Crippen LogP contribution >= 0.6 is 0 Å². The Morgan fingerprint density at radius 2 is 0.747 bits per heavy atom. The third-order valence-electron chi connectivity index (χ3n) is 32.5. The molecule has 12 fully saturated rings. The smallest absolute Gasteiger partial charge is 0.0297 e. The number of fused-ring (bicyclic) bond motifs is 2. The van der Waals surface area contributed by atoms with E-state index in [1.54, 1.807) is 0 Å². The van der Waals surface area contributed by atoms with Crippen LogP contribution in [0.2, 0.25) is 0 Å². The van der Waals surface area contributed by atoms with Gasteiger partial charge >= 0.3 is 0 Å². The Balaban J connectivity index is 0.000000356. The third-order valence-corrected chi connectivity index (χ3v) is 32.5. The Morgan fingerprint density at radius 1 is 0.337 bits per heavy atom. The number of hydrogen-bond donors (Lipinski definition) is 0. The SMILES string of the molecule is CC(C)(C)C1CCC1.CC1C(C)(C)CCCC1(C)C.CC1C(C)C(C)C1C.CC1CC(C(C)C)C1.CC1CC(C)[C@@H](C)C1.CC1CC2CCC1(C)C2.CC1CCC(C)(C)CC1.CC1CCC(C)C1C.CC1CCCC(C)C1C.CCC(C)C1CCC1.C[C@@H]1CCCCC1(C)C. The topological polar surface area (TPSA) is 0 Å². The third kappa shape index (κ3) is 31.9. The minimum Gasteiger partial charge on any atom is -0.0651 e. The van der Waals surface area contributed by atoms with Gasteiger partial charge in [-0.3, -0.25) is 0 Å². The summed E-state index contributed by atoms with van der Waals surface area (Å²) >= 11 is 0. The summed E-state index contributed by atoms with van der Waals surface area (Å²) in [6.07, 6.45) is 45.5. The predicted molar refractivity (Wildman–Crippen MR) is 434 cm³/mol. The Morgan fingerprint density at radius 3 is 0.947 bits per heavy atom. The van der Waals surface area contributed by atoms with Crippen LogP contribution in [-0.4, -0.2) is 0 Å². The minimum atomic E-state index is 0.571. The molecule has 2 bridgehead atoms. The van der Waals surface area contributed by atoms with Crippen molar-refractivity contribution >= 4 is 0 Å². The standard InChI is InChI=1S/C11H22.C9H16.3C9H18.6C8H16/c1-9-10(2,3)7-6-8-11(9,4)5;1-7-5-8-3-4-9(7,2)6-8;1-8-4-6-9(2,3)7-5-8;1-8-6-4-5-7-9(8,2)3;1-7-5-4-6-8(2)9(7)3;1-6-4-7(2)8(3)5-6;1-6(2)8-4-7(3)5-8;1-8(2,3)7-5-4-6-7;1-6-4-5-7(2)8(6)3;1-5-6(2)8(4)7(5)3;1-3-7(2)8-5-4-6-8/h9H,6-8H2,1-5H3;7-8H,3-6H2,1-2H3;2*8H,4-7H2,1-3H3;7-9H,4-6H2,1-3H3;2*6-8H,4-5H2,1-3H3;7H,4-6H2,1-3H3;6-8H,4-5H2,1-3H3;5-8H,1-4H3;7-8H,3-6H2,1-2H3/t;;;8-;;6?,7-,8?;;;;;/m...1.0...../s1. The molecule has 12 rings (SSSR count). The quantitative estimate of drug-likeness (QED) is 0.264. The second-order valence-corrected chi connectivity index (χ2v) is 43.2. The molecule has 0 N–H and O–H groups in total. The van der Waals surface area contributed by atoms with Crippen LogP contribution < -0.4 is 0 Å². The van der Waals surface area contributed by atoms with Gasteiger partial charge in [-0.1, -0.05) is 338 Å². The van der Waals surface area contributed by atoms with E-state index in [2.05, 4.69) is 235 Å². The average molecular weight is 1330 g/mol. The van der Waals surface area contributed by atoms with Crippen LogP contribution in [0, 0.1) is 175 Å². The summed E-state index contributed by atoms with van der Waals surface area (Å²) in [5, 5.41) is 0. The molecule has 12 saturated carbocycles. The van der Waals surface area contributed by atoms with E-state index < -0.39 is 0 Å². The molecule has 0 aliphatic heterocycles. The Bertz CT molecular complexity index is 1830. The fourth-order valence-corrected chi connectivity index (χ4v) is 19.7. The van der Waals surface area contributed by atoms with Gasteiger partial charge in [-0.2, -0.15) is 0 Å². The Hall–Kier alpha value is 0. The van der Waals surface area contributed by atoms with Crippen molar-refractivity contribution in [2.75, 3.05) is 0 Å². The molecule has 0 radical (unpaired) electrons. The fraction of sp³-hybridized carbons (Fsp3) is 1.00. The zero-order valence-electron chi connectivity index (χ0n) is 72.8. The second kappa shape index (κ2) is 42.1. The predicted octanol–water partition coefficient (Wildman–Crippen LogP) is 32.5. The molecule has 12 aliphatic carbocycles.